The molecule has 0 heterocycles. The Kier molecular flexibility index (Phi) is 5.40. The number of carboxylic acids is 2. The molecular weight excluding hydrogens is 200 g/mol. The van der Waals surface area contributed by atoms with Crippen LogP contribution in [0.15, 0.2) is 30.3 Å². The minimum atomic E-state index is -1.38. The standard InChI is InChI=1S/C7H6O2.C3H4O3/c8-7(9)6-4-2-1-3-5-6;1-2(4)3(5)6/h1-5H,(H,8,9);1H3,(H,5,6). The van der Waals surface area contributed by atoms with Gasteiger partial charge in [-0.15, -0.1) is 0 Å². The van der Waals surface area contributed by atoms with E-state index in [-0.39, 0.29) is 0 Å². The summed E-state index contributed by atoms with van der Waals surface area (Å²) in [4.78, 5) is 29.1. The number of aliphatic carboxylic acids is 1. The fourth-order valence-electron chi connectivity index (χ4n) is 0.581. The first-order chi connectivity index (χ1) is 6.95. The van der Waals surface area contributed by atoms with Crippen molar-refractivity contribution in [3.63, 3.8) is 0 Å². The highest BCUT2D eigenvalue weighted by atomic mass is 16.4. The van der Waals surface area contributed by atoms with Crippen LogP contribution in [0, 0.1) is 0 Å². The fraction of sp³-hybridized carbons (Fsp3) is 0.100. The Morgan fingerprint density at radius 1 is 1.00 bits per heavy atom. The number of rotatable bonds is 2. The second kappa shape index (κ2) is 6.31. The van der Waals surface area contributed by atoms with E-state index in [1.54, 1.807) is 30.3 Å². The first-order valence-corrected chi connectivity index (χ1v) is 3.97. The van der Waals surface area contributed by atoms with Gasteiger partial charge < -0.3 is 10.2 Å². The molecule has 15 heavy (non-hydrogen) atoms. The summed E-state index contributed by atoms with van der Waals surface area (Å²) in [7, 11) is 0. The Hall–Kier alpha value is -2.17. The SMILES string of the molecule is CC(=O)C(=O)O.O=C(O)c1ccccc1. The highest BCUT2D eigenvalue weighted by Gasteiger charge is 1.99. The molecule has 1 aromatic carbocycles. The first-order valence-electron chi connectivity index (χ1n) is 3.97. The van der Waals surface area contributed by atoms with Crippen molar-refractivity contribution >= 4 is 17.7 Å². The molecule has 0 aliphatic carbocycles. The van der Waals surface area contributed by atoms with Gasteiger partial charge in [0.25, 0.3) is 0 Å². The van der Waals surface area contributed by atoms with Gasteiger partial charge in [0.1, 0.15) is 0 Å². The predicted octanol–water partition coefficient (Wildman–Crippen LogP) is 1.04. The van der Waals surface area contributed by atoms with E-state index in [2.05, 4.69) is 0 Å². The summed E-state index contributed by atoms with van der Waals surface area (Å²) in [5, 5.41) is 16.0. The minimum absolute atomic E-state index is 0.331. The maximum atomic E-state index is 10.2. The van der Waals surface area contributed by atoms with Crippen LogP contribution in [0.2, 0.25) is 0 Å². The Labute approximate surface area is 86.0 Å². The molecule has 0 atom stereocenters. The molecule has 1 aromatic rings. The molecule has 0 amide bonds. The van der Waals surface area contributed by atoms with Gasteiger partial charge >= 0.3 is 11.9 Å². The van der Waals surface area contributed by atoms with Crippen LogP contribution < -0.4 is 0 Å². The van der Waals surface area contributed by atoms with Crippen molar-refractivity contribution in [1.82, 2.24) is 0 Å². The number of benzene rings is 1. The van der Waals surface area contributed by atoms with E-state index in [1.165, 1.54) is 0 Å². The molecule has 2 N–H and O–H groups in total. The van der Waals surface area contributed by atoms with E-state index in [4.69, 9.17) is 10.2 Å². The average molecular weight is 210 g/mol. The zero-order chi connectivity index (χ0) is 11.8. The van der Waals surface area contributed by atoms with Crippen molar-refractivity contribution in [2.24, 2.45) is 0 Å². The molecule has 0 unspecified atom stereocenters. The molecular formula is C10H10O5. The second-order valence-electron chi connectivity index (χ2n) is 2.53. The third-order valence-electron chi connectivity index (χ3n) is 1.32. The van der Waals surface area contributed by atoms with E-state index in [0.717, 1.165) is 6.92 Å². The van der Waals surface area contributed by atoms with E-state index in [1.807, 2.05) is 0 Å². The number of Topliss-reactive ketones (excluding diaryl/α,β-unsaturated/α-hetero) is 1. The van der Waals surface area contributed by atoms with Crippen molar-refractivity contribution in [2.75, 3.05) is 0 Å². The van der Waals surface area contributed by atoms with E-state index >= 15 is 0 Å². The van der Waals surface area contributed by atoms with Gasteiger partial charge in [0, 0.05) is 6.92 Å². The van der Waals surface area contributed by atoms with Crippen LogP contribution in [-0.4, -0.2) is 27.9 Å². The highest BCUT2D eigenvalue weighted by Crippen LogP contribution is 1.96. The predicted molar refractivity (Wildman–Crippen MR) is 51.7 cm³/mol. The smallest absolute Gasteiger partial charge is 0.371 e. The monoisotopic (exact) mass is 210 g/mol. The molecule has 0 spiro atoms. The summed E-state index contributed by atoms with van der Waals surface area (Å²) in [6, 6.07) is 8.30. The quantitative estimate of drug-likeness (QED) is 0.711. The topological polar surface area (TPSA) is 91.7 Å². The maximum Gasteiger partial charge on any atom is 0.371 e. The van der Waals surface area contributed by atoms with Gasteiger partial charge in [0.2, 0.25) is 5.78 Å². The van der Waals surface area contributed by atoms with Gasteiger partial charge in [-0.3, -0.25) is 4.79 Å². The zero-order valence-corrected chi connectivity index (χ0v) is 8.01. The lowest BCUT2D eigenvalue weighted by Gasteiger charge is -1.88. The number of aromatic carboxylic acids is 1. The van der Waals surface area contributed by atoms with Crippen LogP contribution in [0.1, 0.15) is 17.3 Å². The number of carbonyl (C=O) groups excluding carboxylic acids is 1. The van der Waals surface area contributed by atoms with Crippen molar-refractivity contribution in [3.8, 4) is 0 Å². The van der Waals surface area contributed by atoms with Crippen LogP contribution in [-0.2, 0) is 9.59 Å². The molecule has 5 nitrogen and oxygen atoms in total. The van der Waals surface area contributed by atoms with Gasteiger partial charge in [0.05, 0.1) is 5.56 Å². The molecule has 0 fully saturated rings. The molecule has 0 saturated heterocycles. The van der Waals surface area contributed by atoms with Crippen molar-refractivity contribution < 1.29 is 24.6 Å². The lowest BCUT2D eigenvalue weighted by Crippen LogP contribution is -2.05. The summed E-state index contributed by atoms with van der Waals surface area (Å²) in [5.41, 5.74) is 0.331. The first kappa shape index (κ1) is 12.8. The average Bonchev–Trinajstić information content (AvgIpc) is 2.20. The number of carboxylic acid groups (broad SMARTS) is 2. The normalized spacial score (nSPS) is 8.33. The molecule has 0 bridgehead atoms. The van der Waals surface area contributed by atoms with Gasteiger partial charge in [-0.1, -0.05) is 18.2 Å². The minimum Gasteiger partial charge on any atom is -0.478 e. The van der Waals surface area contributed by atoms with Crippen LogP contribution in [0.3, 0.4) is 0 Å². The van der Waals surface area contributed by atoms with Crippen molar-refractivity contribution in [1.29, 1.82) is 0 Å². The van der Waals surface area contributed by atoms with Crippen molar-refractivity contribution in [3.05, 3.63) is 35.9 Å². The third-order valence-corrected chi connectivity index (χ3v) is 1.32. The fourth-order valence-corrected chi connectivity index (χ4v) is 0.581. The Morgan fingerprint density at radius 3 is 1.60 bits per heavy atom. The summed E-state index contributed by atoms with van der Waals surface area (Å²) in [6.45, 7) is 1.00. The molecule has 1 rings (SSSR count). The van der Waals surface area contributed by atoms with Crippen molar-refractivity contribution in [2.45, 2.75) is 6.92 Å². The number of carbonyl (C=O) groups is 3. The number of ketones is 1. The Balaban J connectivity index is 0.000000288. The summed E-state index contributed by atoms with van der Waals surface area (Å²) in [5.74, 6) is -3.08. The van der Waals surface area contributed by atoms with E-state index < -0.39 is 17.7 Å². The van der Waals surface area contributed by atoms with Gasteiger partial charge in [0.15, 0.2) is 0 Å². The van der Waals surface area contributed by atoms with Crippen LogP contribution in [0.25, 0.3) is 0 Å². The Bertz CT molecular complexity index is 343. The van der Waals surface area contributed by atoms with Crippen LogP contribution >= 0.6 is 0 Å². The second-order valence-corrected chi connectivity index (χ2v) is 2.53. The third kappa shape index (κ3) is 5.98. The highest BCUT2D eigenvalue weighted by molar-refractivity contribution is 6.31. The largest absolute Gasteiger partial charge is 0.478 e. The molecule has 0 aliphatic rings. The molecule has 0 aromatic heterocycles. The van der Waals surface area contributed by atoms with E-state index in [9.17, 15) is 14.4 Å². The van der Waals surface area contributed by atoms with Gasteiger partial charge in [-0.2, -0.15) is 0 Å². The lowest BCUT2D eigenvalue weighted by molar-refractivity contribution is -0.148. The molecule has 0 radical (unpaired) electrons. The van der Waals surface area contributed by atoms with Crippen LogP contribution in [0.4, 0.5) is 0 Å². The van der Waals surface area contributed by atoms with Gasteiger partial charge in [-0.05, 0) is 12.1 Å². The summed E-state index contributed by atoms with van der Waals surface area (Å²) >= 11 is 0. The lowest BCUT2D eigenvalue weighted by atomic mass is 10.2. The summed E-state index contributed by atoms with van der Waals surface area (Å²) < 4.78 is 0. The molecule has 80 valence electrons. The van der Waals surface area contributed by atoms with E-state index in [0.29, 0.717) is 5.56 Å². The molecule has 5 heteroatoms. The molecule has 0 saturated carbocycles. The Morgan fingerprint density at radius 2 is 1.40 bits per heavy atom. The maximum absolute atomic E-state index is 10.2. The van der Waals surface area contributed by atoms with Crippen LogP contribution in [0.5, 0.6) is 0 Å². The number of hydrogen-bond acceptors (Lipinski definition) is 3. The summed E-state index contributed by atoms with van der Waals surface area (Å²) in [6.07, 6.45) is 0. The van der Waals surface area contributed by atoms with Gasteiger partial charge in [-0.25, -0.2) is 9.59 Å². The number of hydrogen-bond donors (Lipinski definition) is 2. The zero-order valence-electron chi connectivity index (χ0n) is 8.01. The molecule has 0 aliphatic heterocycles.